The van der Waals surface area contributed by atoms with Crippen molar-refractivity contribution in [1.29, 1.82) is 0 Å². The average Bonchev–Trinajstić information content (AvgIpc) is 3.45. The Kier molecular flexibility index (Phi) is 4.51. The fourth-order valence-electron chi connectivity index (χ4n) is 5.07. The molecule has 3 atom stereocenters. The van der Waals surface area contributed by atoms with Crippen molar-refractivity contribution in [2.75, 3.05) is 6.54 Å². The van der Waals surface area contributed by atoms with Crippen LogP contribution < -0.4 is 0 Å². The molecule has 6 nitrogen and oxygen atoms in total. The number of aryl methyl sites for hydroxylation is 4. The highest BCUT2D eigenvalue weighted by Crippen LogP contribution is 2.48. The minimum atomic E-state index is 0.360. The van der Waals surface area contributed by atoms with E-state index < -0.39 is 0 Å². The SMILES string of the molecule is Cc1cc(C)n(CCc2nc(C3CC(c4ccccc4)N4CCC[C@@H]34)no2)n1. The minimum absolute atomic E-state index is 0.360. The summed E-state index contributed by atoms with van der Waals surface area (Å²) in [6, 6.07) is 14.0. The number of rotatable bonds is 5. The first-order chi connectivity index (χ1) is 13.7. The quantitative estimate of drug-likeness (QED) is 0.676. The zero-order valence-electron chi connectivity index (χ0n) is 16.6. The summed E-state index contributed by atoms with van der Waals surface area (Å²) in [5.74, 6) is 1.97. The highest BCUT2D eigenvalue weighted by molar-refractivity contribution is 5.24. The maximum atomic E-state index is 5.61. The van der Waals surface area contributed by atoms with Gasteiger partial charge in [-0.05, 0) is 51.3 Å². The lowest BCUT2D eigenvalue weighted by Gasteiger charge is -2.24. The summed E-state index contributed by atoms with van der Waals surface area (Å²) in [5.41, 5.74) is 3.62. The van der Waals surface area contributed by atoms with Crippen LogP contribution in [0.2, 0.25) is 0 Å². The Hall–Kier alpha value is -2.47. The second-order valence-electron chi connectivity index (χ2n) is 8.16. The monoisotopic (exact) mass is 377 g/mol. The molecule has 2 saturated heterocycles. The first-order valence-electron chi connectivity index (χ1n) is 10.3. The Bertz CT molecular complexity index is 947. The molecule has 0 amide bonds. The largest absolute Gasteiger partial charge is 0.339 e. The van der Waals surface area contributed by atoms with Crippen LogP contribution in [-0.2, 0) is 13.0 Å². The first kappa shape index (κ1) is 17.6. The molecular formula is C22H27N5O. The molecule has 0 radical (unpaired) electrons. The van der Waals surface area contributed by atoms with E-state index in [0.29, 0.717) is 18.0 Å². The third-order valence-corrected chi connectivity index (χ3v) is 6.32. The number of hydrogen-bond donors (Lipinski definition) is 0. The minimum Gasteiger partial charge on any atom is -0.339 e. The van der Waals surface area contributed by atoms with Crippen LogP contribution in [0, 0.1) is 13.8 Å². The molecule has 28 heavy (non-hydrogen) atoms. The lowest BCUT2D eigenvalue weighted by atomic mass is 9.94. The molecule has 2 aliphatic rings. The van der Waals surface area contributed by atoms with E-state index >= 15 is 0 Å². The van der Waals surface area contributed by atoms with Crippen LogP contribution >= 0.6 is 0 Å². The van der Waals surface area contributed by atoms with Gasteiger partial charge >= 0.3 is 0 Å². The Labute approximate surface area is 165 Å². The smallest absolute Gasteiger partial charge is 0.228 e. The topological polar surface area (TPSA) is 60.0 Å². The molecule has 5 rings (SSSR count). The van der Waals surface area contributed by atoms with Gasteiger partial charge in [0.1, 0.15) is 0 Å². The van der Waals surface area contributed by atoms with Crippen LogP contribution in [0.5, 0.6) is 0 Å². The van der Waals surface area contributed by atoms with Crippen molar-refractivity contribution in [2.24, 2.45) is 0 Å². The summed E-state index contributed by atoms with van der Waals surface area (Å²) in [6.07, 6.45) is 4.28. The highest BCUT2D eigenvalue weighted by atomic mass is 16.5. The van der Waals surface area contributed by atoms with Crippen LogP contribution in [0.15, 0.2) is 40.9 Å². The lowest BCUT2D eigenvalue weighted by Crippen LogP contribution is -2.27. The van der Waals surface area contributed by atoms with Crippen LogP contribution in [-0.4, -0.2) is 37.4 Å². The molecule has 0 spiro atoms. The zero-order valence-corrected chi connectivity index (χ0v) is 16.6. The molecule has 6 heteroatoms. The van der Waals surface area contributed by atoms with Gasteiger partial charge in [0.05, 0.1) is 5.69 Å². The van der Waals surface area contributed by atoms with Gasteiger partial charge < -0.3 is 4.52 Å². The molecule has 0 bridgehead atoms. The van der Waals surface area contributed by atoms with Gasteiger partial charge in [0.25, 0.3) is 0 Å². The number of nitrogens with zero attached hydrogens (tertiary/aromatic N) is 5. The average molecular weight is 377 g/mol. The van der Waals surface area contributed by atoms with Crippen LogP contribution in [0.4, 0.5) is 0 Å². The Morgan fingerprint density at radius 2 is 2.04 bits per heavy atom. The van der Waals surface area contributed by atoms with E-state index in [4.69, 9.17) is 9.51 Å². The maximum Gasteiger partial charge on any atom is 0.228 e. The van der Waals surface area contributed by atoms with Crippen molar-refractivity contribution in [3.63, 3.8) is 0 Å². The third kappa shape index (κ3) is 3.15. The summed E-state index contributed by atoms with van der Waals surface area (Å²) in [6.45, 7) is 6.04. The molecular weight excluding hydrogens is 350 g/mol. The molecule has 0 aliphatic carbocycles. The lowest BCUT2D eigenvalue weighted by molar-refractivity contribution is 0.243. The van der Waals surface area contributed by atoms with Gasteiger partial charge in [-0.15, -0.1) is 0 Å². The molecule has 3 aromatic rings. The number of benzene rings is 1. The second-order valence-corrected chi connectivity index (χ2v) is 8.16. The van der Waals surface area contributed by atoms with Crippen molar-refractivity contribution in [2.45, 2.75) is 64.1 Å². The molecule has 1 aromatic carbocycles. The maximum absolute atomic E-state index is 5.61. The van der Waals surface area contributed by atoms with Gasteiger partial charge in [0.2, 0.25) is 5.89 Å². The number of aromatic nitrogens is 4. The third-order valence-electron chi connectivity index (χ3n) is 6.32. The molecule has 2 unspecified atom stereocenters. The number of fused-ring (bicyclic) bond motifs is 1. The van der Waals surface area contributed by atoms with Gasteiger partial charge in [0, 0.05) is 36.7 Å². The van der Waals surface area contributed by atoms with Gasteiger partial charge in [-0.3, -0.25) is 9.58 Å². The normalized spacial score (nSPS) is 24.7. The highest BCUT2D eigenvalue weighted by Gasteiger charge is 2.46. The van der Waals surface area contributed by atoms with Crippen molar-refractivity contribution in [1.82, 2.24) is 24.8 Å². The molecule has 2 aliphatic heterocycles. The predicted molar refractivity (Wildman–Crippen MR) is 106 cm³/mol. The van der Waals surface area contributed by atoms with Gasteiger partial charge in [-0.2, -0.15) is 10.1 Å². The summed E-state index contributed by atoms with van der Waals surface area (Å²) in [5, 5.41) is 8.90. The van der Waals surface area contributed by atoms with Gasteiger partial charge in [0.15, 0.2) is 5.82 Å². The zero-order chi connectivity index (χ0) is 19.1. The van der Waals surface area contributed by atoms with E-state index in [1.165, 1.54) is 30.6 Å². The van der Waals surface area contributed by atoms with E-state index in [2.05, 4.69) is 58.5 Å². The van der Waals surface area contributed by atoms with Crippen LogP contribution in [0.3, 0.4) is 0 Å². The van der Waals surface area contributed by atoms with E-state index in [1.807, 2.05) is 11.6 Å². The fourth-order valence-corrected chi connectivity index (χ4v) is 5.07. The molecule has 4 heterocycles. The summed E-state index contributed by atoms with van der Waals surface area (Å²) in [7, 11) is 0. The molecule has 2 aromatic heterocycles. The molecule has 0 N–H and O–H groups in total. The Morgan fingerprint density at radius 3 is 2.82 bits per heavy atom. The Balaban J connectivity index is 1.32. The van der Waals surface area contributed by atoms with Crippen molar-refractivity contribution in [3.05, 3.63) is 65.1 Å². The van der Waals surface area contributed by atoms with Crippen molar-refractivity contribution < 1.29 is 4.52 Å². The Morgan fingerprint density at radius 1 is 1.18 bits per heavy atom. The first-order valence-corrected chi connectivity index (χ1v) is 10.3. The van der Waals surface area contributed by atoms with Crippen molar-refractivity contribution >= 4 is 0 Å². The standard InChI is InChI=1S/C22H27N5O/c1-15-13-16(2)27(24-15)12-10-21-23-22(25-28-21)18-14-20(17-7-4-3-5-8-17)26-11-6-9-19(18)26/h3-5,7-8,13,18-20H,6,9-12,14H2,1-2H3/t18?,19-,20?/m0/s1. The van der Waals surface area contributed by atoms with Gasteiger partial charge in [-0.1, -0.05) is 35.5 Å². The van der Waals surface area contributed by atoms with E-state index in [0.717, 1.165) is 36.8 Å². The predicted octanol–water partition coefficient (Wildman–Crippen LogP) is 3.82. The summed E-state index contributed by atoms with van der Waals surface area (Å²) < 4.78 is 7.63. The van der Waals surface area contributed by atoms with E-state index in [9.17, 15) is 0 Å². The number of hydrogen-bond acceptors (Lipinski definition) is 5. The molecule has 0 saturated carbocycles. The van der Waals surface area contributed by atoms with Crippen LogP contribution in [0.25, 0.3) is 0 Å². The van der Waals surface area contributed by atoms with Gasteiger partial charge in [-0.25, -0.2) is 0 Å². The van der Waals surface area contributed by atoms with Crippen molar-refractivity contribution in [3.8, 4) is 0 Å². The van der Waals surface area contributed by atoms with E-state index in [1.54, 1.807) is 0 Å². The van der Waals surface area contributed by atoms with E-state index in [-0.39, 0.29) is 0 Å². The van der Waals surface area contributed by atoms with Crippen LogP contribution in [0.1, 0.15) is 59.9 Å². The fraction of sp³-hybridized carbons (Fsp3) is 0.500. The summed E-state index contributed by atoms with van der Waals surface area (Å²) >= 11 is 0. The summed E-state index contributed by atoms with van der Waals surface area (Å²) in [4.78, 5) is 7.45. The molecule has 146 valence electrons. The molecule has 2 fully saturated rings. The second kappa shape index (κ2) is 7.17.